The molecule has 1 aromatic heterocycles. The lowest BCUT2D eigenvalue weighted by Gasteiger charge is -2.12. The second-order valence-corrected chi connectivity index (χ2v) is 5.64. The minimum Gasteiger partial charge on any atom is -0.462 e. The van der Waals surface area contributed by atoms with Crippen LogP contribution in [0.2, 0.25) is 0 Å². The van der Waals surface area contributed by atoms with E-state index in [4.69, 9.17) is 4.74 Å². The van der Waals surface area contributed by atoms with Gasteiger partial charge in [0.1, 0.15) is 5.69 Å². The highest BCUT2D eigenvalue weighted by molar-refractivity contribution is 6.03. The highest BCUT2D eigenvalue weighted by Crippen LogP contribution is 2.13. The summed E-state index contributed by atoms with van der Waals surface area (Å²) in [6, 6.07) is 10.4. The number of hydrogen-bond donors (Lipinski definition) is 2. The molecular weight excluding hydrogens is 318 g/mol. The molecule has 1 amide bonds. The molecule has 0 aliphatic rings. The maximum absolute atomic E-state index is 12.2. The maximum Gasteiger partial charge on any atom is 0.338 e. The van der Waals surface area contributed by atoms with Crippen molar-refractivity contribution in [3.8, 4) is 0 Å². The van der Waals surface area contributed by atoms with Gasteiger partial charge in [0.25, 0.3) is 5.91 Å². The van der Waals surface area contributed by atoms with Crippen molar-refractivity contribution in [1.82, 2.24) is 4.98 Å². The SMILES string of the molecule is CCOC(=O)c1ccc(NC(=O)c2ccc(NC(C)CC)cn2)cc1. The number of hydrogen-bond acceptors (Lipinski definition) is 5. The lowest BCUT2D eigenvalue weighted by Crippen LogP contribution is -2.16. The van der Waals surface area contributed by atoms with Crippen molar-refractivity contribution < 1.29 is 14.3 Å². The first kappa shape index (κ1) is 18.4. The molecule has 25 heavy (non-hydrogen) atoms. The zero-order valence-electron chi connectivity index (χ0n) is 14.7. The number of pyridine rings is 1. The predicted molar refractivity (Wildman–Crippen MR) is 98.0 cm³/mol. The first-order valence-electron chi connectivity index (χ1n) is 8.34. The van der Waals surface area contributed by atoms with Gasteiger partial charge in [-0.1, -0.05) is 6.92 Å². The lowest BCUT2D eigenvalue weighted by molar-refractivity contribution is 0.0526. The fourth-order valence-corrected chi connectivity index (χ4v) is 2.10. The van der Waals surface area contributed by atoms with Crippen LogP contribution in [0.5, 0.6) is 0 Å². The number of aromatic nitrogens is 1. The van der Waals surface area contributed by atoms with E-state index in [-0.39, 0.29) is 11.9 Å². The second kappa shape index (κ2) is 8.82. The predicted octanol–water partition coefficient (Wildman–Crippen LogP) is 3.72. The molecule has 6 heteroatoms. The summed E-state index contributed by atoms with van der Waals surface area (Å²) in [7, 11) is 0. The molecule has 2 rings (SSSR count). The van der Waals surface area contributed by atoms with Crippen LogP contribution in [0, 0.1) is 0 Å². The summed E-state index contributed by atoms with van der Waals surface area (Å²) in [6.45, 7) is 6.26. The molecule has 0 bridgehead atoms. The Hall–Kier alpha value is -2.89. The fourth-order valence-electron chi connectivity index (χ4n) is 2.10. The minimum atomic E-state index is -0.383. The van der Waals surface area contributed by atoms with E-state index in [9.17, 15) is 9.59 Å². The van der Waals surface area contributed by atoms with Gasteiger partial charge in [-0.3, -0.25) is 4.79 Å². The molecule has 0 aliphatic heterocycles. The van der Waals surface area contributed by atoms with E-state index in [1.165, 1.54) is 0 Å². The lowest BCUT2D eigenvalue weighted by atomic mass is 10.2. The van der Waals surface area contributed by atoms with Gasteiger partial charge in [-0.25, -0.2) is 9.78 Å². The topological polar surface area (TPSA) is 80.3 Å². The number of carbonyl (C=O) groups is 2. The van der Waals surface area contributed by atoms with Crippen LogP contribution in [0.1, 0.15) is 48.0 Å². The average Bonchev–Trinajstić information content (AvgIpc) is 2.63. The molecular formula is C19H23N3O3. The van der Waals surface area contributed by atoms with Crippen molar-refractivity contribution in [3.63, 3.8) is 0 Å². The van der Waals surface area contributed by atoms with Crippen LogP contribution >= 0.6 is 0 Å². The largest absolute Gasteiger partial charge is 0.462 e. The number of esters is 1. The molecule has 132 valence electrons. The van der Waals surface area contributed by atoms with Crippen LogP contribution in [0.15, 0.2) is 42.6 Å². The first-order valence-corrected chi connectivity index (χ1v) is 8.34. The molecule has 0 aliphatic carbocycles. The van der Waals surface area contributed by atoms with Crippen molar-refractivity contribution in [3.05, 3.63) is 53.9 Å². The Labute approximate surface area is 147 Å². The van der Waals surface area contributed by atoms with Gasteiger partial charge in [0, 0.05) is 11.7 Å². The molecule has 0 saturated carbocycles. The summed E-state index contributed by atoms with van der Waals surface area (Å²) in [6.07, 6.45) is 2.65. The number of anilines is 2. The number of nitrogens with one attached hydrogen (secondary N) is 2. The van der Waals surface area contributed by atoms with E-state index < -0.39 is 0 Å². The number of nitrogens with zero attached hydrogens (tertiary/aromatic N) is 1. The summed E-state index contributed by atoms with van der Waals surface area (Å²) in [5, 5.41) is 6.05. The third kappa shape index (κ3) is 5.31. The molecule has 2 aromatic rings. The van der Waals surface area contributed by atoms with Gasteiger partial charge in [-0.15, -0.1) is 0 Å². The van der Waals surface area contributed by atoms with E-state index in [1.54, 1.807) is 43.5 Å². The average molecular weight is 341 g/mol. The number of ether oxygens (including phenoxy) is 1. The monoisotopic (exact) mass is 341 g/mol. The highest BCUT2D eigenvalue weighted by Gasteiger charge is 2.10. The number of benzene rings is 1. The van der Waals surface area contributed by atoms with Crippen molar-refractivity contribution in [2.24, 2.45) is 0 Å². The molecule has 0 saturated heterocycles. The van der Waals surface area contributed by atoms with Crippen LogP contribution in [0.25, 0.3) is 0 Å². The quantitative estimate of drug-likeness (QED) is 0.750. The molecule has 1 atom stereocenters. The Bertz CT molecular complexity index is 712. The minimum absolute atomic E-state index is 0.307. The van der Waals surface area contributed by atoms with Gasteiger partial charge in [0.05, 0.1) is 24.1 Å². The second-order valence-electron chi connectivity index (χ2n) is 5.64. The molecule has 0 radical (unpaired) electrons. The Balaban J connectivity index is 1.98. The van der Waals surface area contributed by atoms with Crippen LogP contribution in [0.4, 0.5) is 11.4 Å². The van der Waals surface area contributed by atoms with Crippen LogP contribution in [-0.2, 0) is 4.74 Å². The Morgan fingerprint density at radius 1 is 1.08 bits per heavy atom. The van der Waals surface area contributed by atoms with E-state index in [0.29, 0.717) is 29.6 Å². The Morgan fingerprint density at radius 3 is 2.32 bits per heavy atom. The van der Waals surface area contributed by atoms with E-state index >= 15 is 0 Å². The number of amides is 1. The van der Waals surface area contributed by atoms with E-state index in [2.05, 4.69) is 29.5 Å². The molecule has 0 spiro atoms. The molecule has 2 N–H and O–H groups in total. The first-order chi connectivity index (χ1) is 12.0. The van der Waals surface area contributed by atoms with Gasteiger partial charge in [-0.05, 0) is 56.7 Å². The third-order valence-corrected chi connectivity index (χ3v) is 3.68. The summed E-state index contributed by atoms with van der Waals surface area (Å²) < 4.78 is 4.92. The summed E-state index contributed by atoms with van der Waals surface area (Å²) in [4.78, 5) is 28.0. The molecule has 6 nitrogen and oxygen atoms in total. The summed E-state index contributed by atoms with van der Waals surface area (Å²) in [5.41, 5.74) is 2.23. The highest BCUT2D eigenvalue weighted by atomic mass is 16.5. The summed E-state index contributed by atoms with van der Waals surface area (Å²) >= 11 is 0. The Morgan fingerprint density at radius 2 is 1.76 bits per heavy atom. The van der Waals surface area contributed by atoms with Gasteiger partial charge in [0.15, 0.2) is 0 Å². The number of rotatable bonds is 7. The van der Waals surface area contributed by atoms with Crippen LogP contribution in [0.3, 0.4) is 0 Å². The van der Waals surface area contributed by atoms with Crippen LogP contribution in [-0.4, -0.2) is 29.5 Å². The Kier molecular flexibility index (Phi) is 6.51. The normalized spacial score (nSPS) is 11.5. The summed E-state index contributed by atoms with van der Waals surface area (Å²) in [5.74, 6) is -0.689. The van der Waals surface area contributed by atoms with Crippen molar-refractivity contribution in [2.45, 2.75) is 33.2 Å². The standard InChI is InChI=1S/C19H23N3O3/c1-4-13(3)21-16-10-11-17(20-12-16)18(23)22-15-8-6-14(7-9-15)19(24)25-5-2/h6-13,21H,4-5H2,1-3H3,(H,22,23). The smallest absolute Gasteiger partial charge is 0.338 e. The van der Waals surface area contributed by atoms with Crippen LogP contribution < -0.4 is 10.6 Å². The zero-order chi connectivity index (χ0) is 18.2. The third-order valence-electron chi connectivity index (χ3n) is 3.68. The molecule has 1 unspecified atom stereocenters. The zero-order valence-corrected chi connectivity index (χ0v) is 14.7. The van der Waals surface area contributed by atoms with Crippen molar-refractivity contribution in [1.29, 1.82) is 0 Å². The maximum atomic E-state index is 12.2. The van der Waals surface area contributed by atoms with Gasteiger partial charge >= 0.3 is 5.97 Å². The number of carbonyl (C=O) groups excluding carboxylic acids is 2. The van der Waals surface area contributed by atoms with E-state index in [0.717, 1.165) is 12.1 Å². The van der Waals surface area contributed by atoms with Gasteiger partial charge in [-0.2, -0.15) is 0 Å². The van der Waals surface area contributed by atoms with Gasteiger partial charge in [0.2, 0.25) is 0 Å². The van der Waals surface area contributed by atoms with E-state index in [1.807, 2.05) is 6.07 Å². The van der Waals surface area contributed by atoms with Crippen molar-refractivity contribution in [2.75, 3.05) is 17.2 Å². The fraction of sp³-hybridized carbons (Fsp3) is 0.316. The van der Waals surface area contributed by atoms with Gasteiger partial charge < -0.3 is 15.4 Å². The molecule has 1 aromatic carbocycles. The van der Waals surface area contributed by atoms with Crippen molar-refractivity contribution >= 4 is 23.3 Å². The molecule has 1 heterocycles. The molecule has 0 fully saturated rings.